The fourth-order valence-electron chi connectivity index (χ4n) is 3.06. The van der Waals surface area contributed by atoms with Crippen LogP contribution in [-0.4, -0.2) is 54.0 Å². The molecule has 1 heterocycles. The summed E-state index contributed by atoms with van der Waals surface area (Å²) in [6.45, 7) is 15.4. The first kappa shape index (κ1) is 17.3. The SMILES string of the molecule is CC1CCCN(C(N)=NCCCN(C(C)C)C(C)C)C1. The van der Waals surface area contributed by atoms with Crippen molar-refractivity contribution in [3.8, 4) is 0 Å². The molecule has 1 saturated heterocycles. The van der Waals surface area contributed by atoms with E-state index in [9.17, 15) is 0 Å². The zero-order valence-electron chi connectivity index (χ0n) is 14.1. The van der Waals surface area contributed by atoms with E-state index in [1.54, 1.807) is 0 Å². The summed E-state index contributed by atoms with van der Waals surface area (Å²) < 4.78 is 0. The van der Waals surface area contributed by atoms with E-state index in [0.717, 1.165) is 44.5 Å². The maximum absolute atomic E-state index is 6.11. The van der Waals surface area contributed by atoms with Gasteiger partial charge < -0.3 is 10.6 Å². The molecule has 0 aromatic carbocycles. The fraction of sp³-hybridized carbons (Fsp3) is 0.938. The summed E-state index contributed by atoms with van der Waals surface area (Å²) >= 11 is 0. The molecule has 1 atom stereocenters. The van der Waals surface area contributed by atoms with Crippen molar-refractivity contribution in [3.05, 3.63) is 0 Å². The highest BCUT2D eigenvalue weighted by Gasteiger charge is 2.17. The van der Waals surface area contributed by atoms with Crippen molar-refractivity contribution < 1.29 is 0 Å². The summed E-state index contributed by atoms with van der Waals surface area (Å²) in [7, 11) is 0. The van der Waals surface area contributed by atoms with E-state index in [1.165, 1.54) is 12.8 Å². The van der Waals surface area contributed by atoms with Crippen LogP contribution in [0.1, 0.15) is 53.9 Å². The summed E-state index contributed by atoms with van der Waals surface area (Å²) in [5.41, 5.74) is 6.11. The number of likely N-dealkylation sites (tertiary alicyclic amines) is 1. The van der Waals surface area contributed by atoms with E-state index in [4.69, 9.17) is 5.73 Å². The second-order valence-corrected chi connectivity index (χ2v) is 6.71. The van der Waals surface area contributed by atoms with Gasteiger partial charge in [0.25, 0.3) is 0 Å². The monoisotopic (exact) mass is 282 g/mol. The Bertz CT molecular complexity index is 291. The summed E-state index contributed by atoms with van der Waals surface area (Å²) in [6.07, 6.45) is 3.65. The molecular weight excluding hydrogens is 248 g/mol. The van der Waals surface area contributed by atoms with E-state index in [1.807, 2.05) is 0 Å². The zero-order valence-corrected chi connectivity index (χ0v) is 14.1. The van der Waals surface area contributed by atoms with Gasteiger partial charge in [0.2, 0.25) is 0 Å². The largest absolute Gasteiger partial charge is 0.370 e. The molecule has 0 bridgehead atoms. The minimum atomic E-state index is 0.597. The number of hydrogen-bond donors (Lipinski definition) is 1. The molecule has 0 amide bonds. The van der Waals surface area contributed by atoms with Crippen LogP contribution in [0, 0.1) is 5.92 Å². The normalized spacial score (nSPS) is 21.3. The first-order chi connectivity index (χ1) is 9.41. The molecule has 0 aromatic heterocycles. The van der Waals surface area contributed by atoms with Gasteiger partial charge >= 0.3 is 0 Å². The maximum Gasteiger partial charge on any atom is 0.191 e. The highest BCUT2D eigenvalue weighted by Crippen LogP contribution is 2.14. The van der Waals surface area contributed by atoms with E-state index < -0.39 is 0 Å². The molecule has 0 spiro atoms. The van der Waals surface area contributed by atoms with Gasteiger partial charge in [0.05, 0.1) is 0 Å². The Morgan fingerprint density at radius 2 is 1.95 bits per heavy atom. The number of guanidine groups is 1. The molecule has 1 aliphatic rings. The lowest BCUT2D eigenvalue weighted by atomic mass is 10.0. The van der Waals surface area contributed by atoms with Crippen LogP contribution in [-0.2, 0) is 0 Å². The van der Waals surface area contributed by atoms with Gasteiger partial charge in [-0.25, -0.2) is 0 Å². The average molecular weight is 282 g/mol. The minimum absolute atomic E-state index is 0.597. The van der Waals surface area contributed by atoms with Crippen LogP contribution >= 0.6 is 0 Å². The summed E-state index contributed by atoms with van der Waals surface area (Å²) in [5, 5.41) is 0. The van der Waals surface area contributed by atoms with E-state index >= 15 is 0 Å². The van der Waals surface area contributed by atoms with Crippen LogP contribution in [0.4, 0.5) is 0 Å². The second kappa shape index (κ2) is 8.50. The summed E-state index contributed by atoms with van der Waals surface area (Å²) in [6, 6.07) is 1.19. The molecule has 4 heteroatoms. The zero-order chi connectivity index (χ0) is 15.1. The van der Waals surface area contributed by atoms with Gasteiger partial charge in [-0.3, -0.25) is 9.89 Å². The molecule has 0 aliphatic carbocycles. The van der Waals surface area contributed by atoms with Gasteiger partial charge in [0.15, 0.2) is 5.96 Å². The van der Waals surface area contributed by atoms with Crippen molar-refractivity contribution in [1.29, 1.82) is 0 Å². The van der Waals surface area contributed by atoms with Crippen molar-refractivity contribution in [1.82, 2.24) is 9.80 Å². The van der Waals surface area contributed by atoms with Gasteiger partial charge in [-0.1, -0.05) is 6.92 Å². The predicted octanol–water partition coefficient (Wildman–Crippen LogP) is 2.54. The quantitative estimate of drug-likeness (QED) is 0.462. The highest BCUT2D eigenvalue weighted by molar-refractivity contribution is 5.78. The molecule has 2 N–H and O–H groups in total. The Labute approximate surface area is 125 Å². The van der Waals surface area contributed by atoms with E-state index in [2.05, 4.69) is 49.4 Å². The van der Waals surface area contributed by atoms with E-state index in [-0.39, 0.29) is 0 Å². The first-order valence-corrected chi connectivity index (χ1v) is 8.22. The Hall–Kier alpha value is -0.770. The predicted molar refractivity (Wildman–Crippen MR) is 88.1 cm³/mol. The van der Waals surface area contributed by atoms with Gasteiger partial charge in [-0.2, -0.15) is 0 Å². The van der Waals surface area contributed by atoms with Crippen LogP contribution in [0.3, 0.4) is 0 Å². The Balaban J connectivity index is 2.32. The van der Waals surface area contributed by atoms with Gasteiger partial charge in [0.1, 0.15) is 0 Å². The van der Waals surface area contributed by atoms with Crippen molar-refractivity contribution in [2.45, 2.75) is 66.0 Å². The topological polar surface area (TPSA) is 44.9 Å². The molecule has 0 radical (unpaired) electrons. The lowest BCUT2D eigenvalue weighted by Crippen LogP contribution is -2.43. The van der Waals surface area contributed by atoms with Crippen molar-refractivity contribution in [3.63, 3.8) is 0 Å². The maximum atomic E-state index is 6.11. The number of hydrogen-bond acceptors (Lipinski definition) is 2. The molecule has 0 aromatic rings. The standard InChI is InChI=1S/C16H34N4/c1-13(2)20(14(3)4)11-7-9-18-16(17)19-10-6-8-15(5)12-19/h13-15H,6-12H2,1-5H3,(H2,17,18). The van der Waals surface area contributed by atoms with Crippen LogP contribution in [0.15, 0.2) is 4.99 Å². The number of aliphatic imine (C=N–C) groups is 1. The molecule has 1 aliphatic heterocycles. The number of piperidine rings is 1. The summed E-state index contributed by atoms with van der Waals surface area (Å²) in [4.78, 5) is 9.32. The average Bonchev–Trinajstić information content (AvgIpc) is 2.37. The molecule has 0 saturated carbocycles. The smallest absolute Gasteiger partial charge is 0.191 e. The molecule has 20 heavy (non-hydrogen) atoms. The van der Waals surface area contributed by atoms with Gasteiger partial charge in [0, 0.05) is 38.3 Å². The van der Waals surface area contributed by atoms with Crippen LogP contribution in [0.25, 0.3) is 0 Å². The molecule has 1 fully saturated rings. The van der Waals surface area contributed by atoms with Gasteiger partial charge in [-0.15, -0.1) is 0 Å². The molecule has 118 valence electrons. The lowest BCUT2D eigenvalue weighted by Gasteiger charge is -2.32. The van der Waals surface area contributed by atoms with Crippen LogP contribution < -0.4 is 5.73 Å². The molecular formula is C16H34N4. The van der Waals surface area contributed by atoms with Crippen molar-refractivity contribution >= 4 is 5.96 Å². The third-order valence-corrected chi connectivity index (χ3v) is 4.16. The second-order valence-electron chi connectivity index (χ2n) is 6.71. The highest BCUT2D eigenvalue weighted by atomic mass is 15.3. The summed E-state index contributed by atoms with van der Waals surface area (Å²) in [5.74, 6) is 1.49. The first-order valence-electron chi connectivity index (χ1n) is 8.22. The minimum Gasteiger partial charge on any atom is -0.370 e. The van der Waals surface area contributed by atoms with Crippen LogP contribution in [0.5, 0.6) is 0 Å². The van der Waals surface area contributed by atoms with Crippen molar-refractivity contribution in [2.75, 3.05) is 26.2 Å². The number of nitrogens with zero attached hydrogens (tertiary/aromatic N) is 3. The molecule has 4 nitrogen and oxygen atoms in total. The van der Waals surface area contributed by atoms with Crippen LogP contribution in [0.2, 0.25) is 0 Å². The Morgan fingerprint density at radius 3 is 2.50 bits per heavy atom. The molecule has 1 unspecified atom stereocenters. The lowest BCUT2D eigenvalue weighted by molar-refractivity contribution is 0.174. The van der Waals surface area contributed by atoms with Gasteiger partial charge in [-0.05, 0) is 52.9 Å². The third-order valence-electron chi connectivity index (χ3n) is 4.16. The third kappa shape index (κ3) is 5.70. The van der Waals surface area contributed by atoms with E-state index in [0.29, 0.717) is 12.1 Å². The molecule has 1 rings (SSSR count). The van der Waals surface area contributed by atoms with Crippen molar-refractivity contribution in [2.24, 2.45) is 16.6 Å². The Kier molecular flexibility index (Phi) is 7.35. The number of nitrogens with two attached hydrogens (primary N) is 1. The number of rotatable bonds is 6. The Morgan fingerprint density at radius 1 is 1.30 bits per heavy atom. The fourth-order valence-corrected chi connectivity index (χ4v) is 3.06.